The molecule has 0 aliphatic rings. The van der Waals surface area contributed by atoms with Gasteiger partial charge in [0.2, 0.25) is 0 Å². The third kappa shape index (κ3) is 8.32. The highest BCUT2D eigenvalue weighted by atomic mass is 15.1. The van der Waals surface area contributed by atoms with Crippen LogP contribution in [0.1, 0.15) is 95.9 Å². The first-order valence-electron chi connectivity index (χ1n) is 11.5. The average molecular weight is 370 g/mol. The van der Waals surface area contributed by atoms with Crippen molar-refractivity contribution in [2.45, 2.75) is 104 Å². The molecule has 0 fully saturated rings. The van der Waals surface area contributed by atoms with Gasteiger partial charge in [-0.3, -0.25) is 0 Å². The Balaban J connectivity index is 1.80. The summed E-state index contributed by atoms with van der Waals surface area (Å²) in [6.45, 7) is 6.72. The molecular formula is C25H41N2+. The lowest BCUT2D eigenvalue weighted by atomic mass is 10.1. The maximum Gasteiger partial charge on any atom is 0.256 e. The van der Waals surface area contributed by atoms with Crippen molar-refractivity contribution in [1.82, 2.24) is 4.57 Å². The summed E-state index contributed by atoms with van der Waals surface area (Å²) in [6, 6.07) is 10.9. The second-order valence-corrected chi connectivity index (χ2v) is 7.95. The summed E-state index contributed by atoms with van der Waals surface area (Å²) in [5, 5.41) is 0. The van der Waals surface area contributed by atoms with Crippen LogP contribution in [0.5, 0.6) is 0 Å². The van der Waals surface area contributed by atoms with E-state index >= 15 is 0 Å². The fourth-order valence-corrected chi connectivity index (χ4v) is 3.84. The van der Waals surface area contributed by atoms with E-state index in [0.29, 0.717) is 0 Å². The summed E-state index contributed by atoms with van der Waals surface area (Å²) < 4.78 is 4.97. The van der Waals surface area contributed by atoms with Gasteiger partial charge in [0, 0.05) is 6.42 Å². The number of benzene rings is 1. The fourth-order valence-electron chi connectivity index (χ4n) is 3.84. The largest absolute Gasteiger partial charge is 0.256 e. The first-order chi connectivity index (χ1) is 13.3. The molecule has 0 amide bonds. The van der Waals surface area contributed by atoms with Gasteiger partial charge < -0.3 is 0 Å². The smallest absolute Gasteiger partial charge is 0.234 e. The van der Waals surface area contributed by atoms with Crippen LogP contribution in [0.15, 0.2) is 42.7 Å². The van der Waals surface area contributed by atoms with Crippen molar-refractivity contribution in [1.29, 1.82) is 0 Å². The highest BCUT2D eigenvalue weighted by Gasteiger charge is 2.16. The quantitative estimate of drug-likeness (QED) is 0.244. The zero-order valence-electron chi connectivity index (χ0n) is 17.8. The standard InChI is InChI=1S/C25H41N2/c1-3-5-7-8-9-10-11-12-16-19-25-26(20-6-4-2)21-22-27(25)23-24-17-14-13-15-18-24/h13-15,17-18,21-22H,3-12,16,19-20,23H2,1-2H3/q+1. The van der Waals surface area contributed by atoms with Crippen LogP contribution in [0, 0.1) is 0 Å². The molecule has 0 unspecified atom stereocenters. The van der Waals surface area contributed by atoms with Crippen molar-refractivity contribution in [2.75, 3.05) is 0 Å². The maximum atomic E-state index is 2.50. The van der Waals surface area contributed by atoms with Gasteiger partial charge in [0.25, 0.3) is 5.82 Å². The minimum Gasteiger partial charge on any atom is -0.234 e. The molecule has 2 heteroatoms. The molecule has 1 heterocycles. The highest BCUT2D eigenvalue weighted by molar-refractivity contribution is 5.13. The Morgan fingerprint density at radius 1 is 0.741 bits per heavy atom. The fraction of sp³-hybridized carbons (Fsp3) is 0.640. The molecule has 0 atom stereocenters. The van der Waals surface area contributed by atoms with E-state index in [4.69, 9.17) is 0 Å². The summed E-state index contributed by atoms with van der Waals surface area (Å²) in [5.74, 6) is 1.51. The maximum absolute atomic E-state index is 2.50. The van der Waals surface area contributed by atoms with E-state index in [0.717, 1.165) is 13.1 Å². The van der Waals surface area contributed by atoms with E-state index in [1.165, 1.54) is 88.4 Å². The Morgan fingerprint density at radius 2 is 1.37 bits per heavy atom. The van der Waals surface area contributed by atoms with E-state index in [2.05, 4.69) is 65.7 Å². The number of hydrogen-bond acceptors (Lipinski definition) is 0. The Labute approximate surface area is 167 Å². The van der Waals surface area contributed by atoms with Gasteiger partial charge in [-0.05, 0) is 18.4 Å². The van der Waals surface area contributed by atoms with Crippen molar-refractivity contribution in [3.8, 4) is 0 Å². The first-order valence-corrected chi connectivity index (χ1v) is 11.5. The molecule has 1 aromatic carbocycles. The van der Waals surface area contributed by atoms with Crippen molar-refractivity contribution >= 4 is 0 Å². The molecule has 2 nitrogen and oxygen atoms in total. The van der Waals surface area contributed by atoms with Gasteiger partial charge in [-0.15, -0.1) is 0 Å². The Bertz CT molecular complexity index is 600. The molecule has 0 saturated heterocycles. The molecule has 27 heavy (non-hydrogen) atoms. The molecule has 0 saturated carbocycles. The molecule has 0 N–H and O–H groups in total. The van der Waals surface area contributed by atoms with Crippen LogP contribution >= 0.6 is 0 Å². The van der Waals surface area contributed by atoms with Crippen LogP contribution in [-0.4, -0.2) is 4.57 Å². The van der Waals surface area contributed by atoms with Gasteiger partial charge in [-0.2, -0.15) is 0 Å². The van der Waals surface area contributed by atoms with E-state index in [-0.39, 0.29) is 0 Å². The van der Waals surface area contributed by atoms with Crippen LogP contribution in [0.25, 0.3) is 0 Å². The van der Waals surface area contributed by atoms with Crippen molar-refractivity contribution in [2.24, 2.45) is 0 Å². The Hall–Kier alpha value is -1.57. The van der Waals surface area contributed by atoms with Crippen LogP contribution in [0.2, 0.25) is 0 Å². The van der Waals surface area contributed by atoms with Gasteiger partial charge in [-0.1, -0.05) is 102 Å². The van der Waals surface area contributed by atoms with Crippen molar-refractivity contribution < 1.29 is 4.57 Å². The second kappa shape index (κ2) is 13.6. The molecule has 150 valence electrons. The molecule has 0 aliphatic heterocycles. The number of nitrogens with zero attached hydrogens (tertiary/aromatic N) is 2. The minimum absolute atomic E-state index is 0.993. The minimum atomic E-state index is 0.993. The predicted molar refractivity (Wildman–Crippen MR) is 116 cm³/mol. The molecule has 2 rings (SSSR count). The van der Waals surface area contributed by atoms with Gasteiger partial charge in [0.15, 0.2) is 0 Å². The molecular weight excluding hydrogens is 328 g/mol. The average Bonchev–Trinajstić information content (AvgIpc) is 3.07. The topological polar surface area (TPSA) is 8.81 Å². The molecule has 0 aliphatic carbocycles. The van der Waals surface area contributed by atoms with Crippen LogP contribution in [0.3, 0.4) is 0 Å². The van der Waals surface area contributed by atoms with Gasteiger partial charge in [0.1, 0.15) is 18.9 Å². The zero-order chi connectivity index (χ0) is 19.2. The molecule has 0 spiro atoms. The van der Waals surface area contributed by atoms with E-state index < -0.39 is 0 Å². The molecule has 1 aromatic heterocycles. The number of hydrogen-bond donors (Lipinski definition) is 0. The number of rotatable bonds is 15. The summed E-state index contributed by atoms with van der Waals surface area (Å²) >= 11 is 0. The summed E-state index contributed by atoms with van der Waals surface area (Å²) in [4.78, 5) is 0. The van der Waals surface area contributed by atoms with E-state index in [1.54, 1.807) is 0 Å². The third-order valence-electron chi connectivity index (χ3n) is 5.54. The zero-order valence-corrected chi connectivity index (χ0v) is 17.8. The van der Waals surface area contributed by atoms with Crippen LogP contribution in [0.4, 0.5) is 0 Å². The lowest BCUT2D eigenvalue weighted by Gasteiger charge is -2.06. The Morgan fingerprint density at radius 3 is 2.04 bits per heavy atom. The van der Waals surface area contributed by atoms with Gasteiger partial charge in [-0.25, -0.2) is 9.13 Å². The summed E-state index contributed by atoms with van der Waals surface area (Å²) in [6.07, 6.45) is 20.9. The van der Waals surface area contributed by atoms with Crippen LogP contribution in [-0.2, 0) is 19.5 Å². The van der Waals surface area contributed by atoms with Crippen molar-refractivity contribution in [3.63, 3.8) is 0 Å². The molecule has 0 bridgehead atoms. The predicted octanol–water partition coefficient (Wildman–Crippen LogP) is 6.70. The van der Waals surface area contributed by atoms with Gasteiger partial charge in [0.05, 0.1) is 6.54 Å². The normalized spacial score (nSPS) is 11.2. The highest BCUT2D eigenvalue weighted by Crippen LogP contribution is 2.12. The lowest BCUT2D eigenvalue weighted by molar-refractivity contribution is -0.695. The van der Waals surface area contributed by atoms with Crippen molar-refractivity contribution in [3.05, 3.63) is 54.1 Å². The Kier molecular flexibility index (Phi) is 10.9. The van der Waals surface area contributed by atoms with Gasteiger partial charge >= 0.3 is 0 Å². The monoisotopic (exact) mass is 369 g/mol. The van der Waals surface area contributed by atoms with E-state index in [9.17, 15) is 0 Å². The molecule has 2 aromatic rings. The number of aryl methyl sites for hydroxylation is 1. The summed E-state index contributed by atoms with van der Waals surface area (Å²) in [5.41, 5.74) is 1.39. The first kappa shape index (κ1) is 21.7. The second-order valence-electron chi connectivity index (χ2n) is 7.95. The lowest BCUT2D eigenvalue weighted by Crippen LogP contribution is -2.37. The van der Waals surface area contributed by atoms with E-state index in [1.807, 2.05) is 0 Å². The number of unbranched alkanes of at least 4 members (excludes halogenated alkanes) is 9. The molecule has 0 radical (unpaired) electrons. The summed E-state index contributed by atoms with van der Waals surface area (Å²) in [7, 11) is 0. The number of imidazole rings is 1. The third-order valence-corrected chi connectivity index (χ3v) is 5.54. The SMILES string of the molecule is CCCCCCCCCCCc1n(CCCC)cc[n+]1Cc1ccccc1. The van der Waals surface area contributed by atoms with Crippen LogP contribution < -0.4 is 4.57 Å². The number of aromatic nitrogens is 2.